The van der Waals surface area contributed by atoms with Crippen LogP contribution in [0.2, 0.25) is 0 Å². The van der Waals surface area contributed by atoms with Gasteiger partial charge in [-0.2, -0.15) is 5.06 Å². The van der Waals surface area contributed by atoms with Crippen LogP contribution in [0.4, 0.5) is 0 Å². The van der Waals surface area contributed by atoms with Crippen molar-refractivity contribution in [3.8, 4) is 16.9 Å². The van der Waals surface area contributed by atoms with E-state index in [1.54, 1.807) is 19.1 Å². The molecule has 1 heterocycles. The van der Waals surface area contributed by atoms with E-state index in [-0.39, 0.29) is 18.5 Å². The smallest absolute Gasteiger partial charge is 0.240 e. The molecule has 1 saturated heterocycles. The van der Waals surface area contributed by atoms with Crippen molar-refractivity contribution < 1.29 is 19.5 Å². The summed E-state index contributed by atoms with van der Waals surface area (Å²) in [5.41, 5.74) is 11.1. The fourth-order valence-corrected chi connectivity index (χ4v) is 7.89. The highest BCUT2D eigenvalue weighted by atomic mass is 16.7. The van der Waals surface area contributed by atoms with E-state index in [0.29, 0.717) is 35.5 Å². The minimum atomic E-state index is -0.772. The lowest BCUT2D eigenvalue weighted by Gasteiger charge is -2.62. The van der Waals surface area contributed by atoms with Crippen molar-refractivity contribution in [2.75, 3.05) is 20.7 Å². The summed E-state index contributed by atoms with van der Waals surface area (Å²) in [6.07, 6.45) is 0.979. The number of amides is 1. The molecule has 42 heavy (non-hydrogen) atoms. The standard InChI is InChI=1S/C34H48N4O4/c1-19-27-15-25(34(27,4)5)16-28(19)37-33(40)31-30(21(3)39)29(17-35)42-38(31)18-24-12-9-13-26(32(24)41-7)23-11-8-10-22(14-23)20(2)36-6/h8-14,19,21,25,27-31,36,39H,2,15-18,35H2,1,3-7H3,(H,37,40)/t19-,21?,25+,27-,28-,29-,30-,31-/m0/s1. The average Bonchev–Trinajstić information content (AvgIpc) is 3.36. The largest absolute Gasteiger partial charge is 0.496 e. The number of para-hydroxylation sites is 1. The molecule has 0 radical (unpaired) electrons. The van der Waals surface area contributed by atoms with Gasteiger partial charge in [0.1, 0.15) is 11.8 Å². The summed E-state index contributed by atoms with van der Waals surface area (Å²) in [6.45, 7) is 13.3. The van der Waals surface area contributed by atoms with Gasteiger partial charge < -0.3 is 26.2 Å². The maximum atomic E-state index is 14.1. The van der Waals surface area contributed by atoms with E-state index in [9.17, 15) is 9.90 Å². The van der Waals surface area contributed by atoms with Crippen LogP contribution < -0.4 is 21.1 Å². The third-order valence-corrected chi connectivity index (χ3v) is 10.6. The van der Waals surface area contributed by atoms with Crippen molar-refractivity contribution in [2.24, 2.45) is 34.8 Å². The first-order valence-electron chi connectivity index (χ1n) is 15.3. The highest BCUT2D eigenvalue weighted by Gasteiger charge is 2.57. The molecule has 8 heteroatoms. The summed E-state index contributed by atoms with van der Waals surface area (Å²) < 4.78 is 5.97. The molecule has 1 aliphatic heterocycles. The van der Waals surface area contributed by atoms with Crippen LogP contribution in [0.3, 0.4) is 0 Å². The maximum absolute atomic E-state index is 14.1. The molecule has 0 spiro atoms. The number of nitrogens with zero attached hydrogens (tertiary/aromatic N) is 1. The summed E-state index contributed by atoms with van der Waals surface area (Å²) in [5, 5.41) is 19.0. The van der Waals surface area contributed by atoms with Crippen molar-refractivity contribution in [3.63, 3.8) is 0 Å². The van der Waals surface area contributed by atoms with Crippen LogP contribution in [-0.2, 0) is 16.2 Å². The van der Waals surface area contributed by atoms with Crippen molar-refractivity contribution in [3.05, 3.63) is 60.2 Å². The van der Waals surface area contributed by atoms with Crippen LogP contribution in [0.5, 0.6) is 5.75 Å². The number of hydrogen-bond donors (Lipinski definition) is 4. The molecule has 8 nitrogen and oxygen atoms in total. The molecule has 2 aromatic carbocycles. The summed E-state index contributed by atoms with van der Waals surface area (Å²) in [4.78, 5) is 20.4. The Balaban J connectivity index is 1.43. The number of methoxy groups -OCH3 is 1. The minimum absolute atomic E-state index is 0.110. The maximum Gasteiger partial charge on any atom is 0.240 e. The summed E-state index contributed by atoms with van der Waals surface area (Å²) in [5.74, 6) is 1.77. The molecule has 8 atom stereocenters. The Morgan fingerprint density at radius 1 is 1.26 bits per heavy atom. The van der Waals surface area contributed by atoms with Gasteiger partial charge in [0.2, 0.25) is 5.91 Å². The number of rotatable bonds is 10. The van der Waals surface area contributed by atoms with Gasteiger partial charge in [-0.25, -0.2) is 0 Å². The molecule has 1 unspecified atom stereocenters. The number of nitrogens with two attached hydrogens (primary N) is 1. The molecule has 0 aromatic heterocycles. The predicted molar refractivity (Wildman–Crippen MR) is 166 cm³/mol. The third-order valence-electron chi connectivity index (χ3n) is 10.6. The normalized spacial score (nSPS) is 30.7. The van der Waals surface area contributed by atoms with Crippen LogP contribution >= 0.6 is 0 Å². The van der Waals surface area contributed by atoms with E-state index in [4.69, 9.17) is 15.3 Å². The Morgan fingerprint density at radius 2 is 2.00 bits per heavy atom. The van der Waals surface area contributed by atoms with E-state index in [1.165, 1.54) is 6.42 Å². The molecule has 6 rings (SSSR count). The molecule has 2 bridgehead atoms. The van der Waals surface area contributed by atoms with E-state index in [1.807, 2.05) is 43.4 Å². The lowest BCUT2D eigenvalue weighted by atomic mass is 9.45. The SMILES string of the molecule is C=C(NC)c1cccc(-c2cccc(CN3O[C@@H](CN)[C@H](C(C)O)[C@H]3C(=O)N[C@H]3C[C@H]4C[C@@H]([C@@H]3C)C4(C)C)c2OC)c1. The summed E-state index contributed by atoms with van der Waals surface area (Å²) in [6, 6.07) is 13.6. The number of hydrogen-bond acceptors (Lipinski definition) is 7. The molecule has 228 valence electrons. The van der Waals surface area contributed by atoms with E-state index >= 15 is 0 Å². The van der Waals surface area contributed by atoms with Crippen molar-refractivity contribution in [1.29, 1.82) is 0 Å². The zero-order chi connectivity index (χ0) is 30.3. The van der Waals surface area contributed by atoms with E-state index in [2.05, 4.69) is 44.1 Å². The van der Waals surface area contributed by atoms with Gasteiger partial charge >= 0.3 is 0 Å². The van der Waals surface area contributed by atoms with Gasteiger partial charge in [0.05, 0.1) is 25.9 Å². The number of carbonyl (C=O) groups excluding carboxylic acids is 1. The van der Waals surface area contributed by atoms with Crippen LogP contribution in [0.15, 0.2) is 49.0 Å². The van der Waals surface area contributed by atoms with Gasteiger partial charge in [0.15, 0.2) is 0 Å². The number of aliphatic hydroxyl groups excluding tert-OH is 1. The second-order valence-electron chi connectivity index (χ2n) is 13.1. The van der Waals surface area contributed by atoms with Gasteiger partial charge in [-0.15, -0.1) is 0 Å². The second kappa shape index (κ2) is 12.0. The highest BCUT2D eigenvalue weighted by Crippen LogP contribution is 2.61. The number of benzene rings is 2. The Morgan fingerprint density at radius 3 is 2.62 bits per heavy atom. The summed E-state index contributed by atoms with van der Waals surface area (Å²) >= 11 is 0. The zero-order valence-electron chi connectivity index (χ0n) is 25.9. The van der Waals surface area contributed by atoms with Gasteiger partial charge in [-0.05, 0) is 60.1 Å². The van der Waals surface area contributed by atoms with Crippen LogP contribution in [0, 0.1) is 29.1 Å². The number of ether oxygens (including phenoxy) is 1. The lowest BCUT2D eigenvalue weighted by molar-refractivity contribution is -0.175. The fourth-order valence-electron chi connectivity index (χ4n) is 7.89. The first kappa shape index (κ1) is 30.5. The molecular formula is C34H48N4O4. The lowest BCUT2D eigenvalue weighted by Crippen LogP contribution is -2.62. The number of aliphatic hydroxyl groups is 1. The predicted octanol–water partition coefficient (Wildman–Crippen LogP) is 4.18. The van der Waals surface area contributed by atoms with Gasteiger partial charge in [0.25, 0.3) is 0 Å². The number of carbonyl (C=O) groups is 1. The van der Waals surface area contributed by atoms with Crippen LogP contribution in [0.25, 0.3) is 16.8 Å². The first-order valence-corrected chi connectivity index (χ1v) is 15.3. The first-order chi connectivity index (χ1) is 20.0. The number of fused-ring (bicyclic) bond motifs is 2. The monoisotopic (exact) mass is 576 g/mol. The molecule has 3 saturated carbocycles. The summed E-state index contributed by atoms with van der Waals surface area (Å²) in [7, 11) is 3.51. The molecule has 4 fully saturated rings. The molecular weight excluding hydrogens is 528 g/mol. The quantitative estimate of drug-likeness (QED) is 0.336. The number of hydroxylamine groups is 2. The molecule has 1 amide bonds. The van der Waals surface area contributed by atoms with Crippen LogP contribution in [0.1, 0.15) is 51.7 Å². The number of nitrogens with one attached hydrogen (secondary N) is 2. The van der Waals surface area contributed by atoms with Gasteiger partial charge in [-0.1, -0.05) is 63.7 Å². The zero-order valence-corrected chi connectivity index (χ0v) is 25.9. The van der Waals surface area contributed by atoms with Crippen molar-refractivity contribution in [2.45, 2.75) is 71.4 Å². The van der Waals surface area contributed by atoms with Crippen molar-refractivity contribution in [1.82, 2.24) is 15.7 Å². The topological polar surface area (TPSA) is 109 Å². The molecule has 2 aromatic rings. The van der Waals surface area contributed by atoms with Crippen molar-refractivity contribution >= 4 is 11.6 Å². The second-order valence-corrected chi connectivity index (χ2v) is 13.1. The average molecular weight is 577 g/mol. The Labute approximate surface area is 250 Å². The molecule has 3 aliphatic carbocycles. The van der Waals surface area contributed by atoms with E-state index < -0.39 is 24.2 Å². The Kier molecular flexibility index (Phi) is 8.72. The molecule has 5 N–H and O–H groups in total. The van der Waals surface area contributed by atoms with Gasteiger partial charge in [0, 0.05) is 42.4 Å². The third kappa shape index (κ3) is 5.34. The van der Waals surface area contributed by atoms with Gasteiger partial charge in [-0.3, -0.25) is 9.63 Å². The van der Waals surface area contributed by atoms with Crippen LogP contribution in [-0.4, -0.2) is 61.1 Å². The highest BCUT2D eigenvalue weighted by molar-refractivity contribution is 5.83. The molecule has 4 aliphatic rings. The minimum Gasteiger partial charge on any atom is -0.496 e. The fraction of sp³-hybridized carbons (Fsp3) is 0.559. The Bertz CT molecular complexity index is 1310. The Hall–Kier alpha value is -2.91. The van der Waals surface area contributed by atoms with E-state index in [0.717, 1.165) is 34.4 Å².